The zero-order chi connectivity index (χ0) is 7.98. The van der Waals surface area contributed by atoms with Crippen LogP contribution < -0.4 is 0 Å². The Kier molecular flexibility index (Phi) is 6.33. The standard InChI is InChI=1S/C7H14OS2/c1-4-6(8)5-7(9-2)10-3/h7H,4-5H2,1-3H3. The average Bonchev–Trinajstić information content (AvgIpc) is 1.99. The van der Waals surface area contributed by atoms with Crippen molar-refractivity contribution in [2.45, 2.75) is 24.3 Å². The molecular formula is C7H14OS2. The van der Waals surface area contributed by atoms with Crippen molar-refractivity contribution >= 4 is 29.3 Å². The van der Waals surface area contributed by atoms with Crippen molar-refractivity contribution in [1.82, 2.24) is 0 Å². The first-order chi connectivity index (χ1) is 4.74. The van der Waals surface area contributed by atoms with E-state index in [2.05, 4.69) is 0 Å². The molecule has 0 aromatic carbocycles. The largest absolute Gasteiger partial charge is 0.300 e. The van der Waals surface area contributed by atoms with Crippen LogP contribution in [0.2, 0.25) is 0 Å². The monoisotopic (exact) mass is 178 g/mol. The number of carbonyl (C=O) groups is 1. The van der Waals surface area contributed by atoms with E-state index in [9.17, 15) is 4.79 Å². The van der Waals surface area contributed by atoms with E-state index in [1.807, 2.05) is 19.4 Å². The fourth-order valence-electron chi connectivity index (χ4n) is 0.593. The Bertz CT molecular complexity index is 99.8. The third kappa shape index (κ3) is 4.23. The second-order valence-corrected chi connectivity index (χ2v) is 4.38. The van der Waals surface area contributed by atoms with Crippen LogP contribution >= 0.6 is 23.5 Å². The lowest BCUT2D eigenvalue weighted by Crippen LogP contribution is -2.04. The topological polar surface area (TPSA) is 17.1 Å². The van der Waals surface area contributed by atoms with Crippen molar-refractivity contribution in [3.8, 4) is 0 Å². The molecule has 0 amide bonds. The zero-order valence-corrected chi connectivity index (χ0v) is 8.35. The molecule has 0 aliphatic rings. The number of Topliss-reactive ketones (excluding diaryl/α,β-unsaturated/α-hetero) is 1. The van der Waals surface area contributed by atoms with Crippen LogP contribution in [0.3, 0.4) is 0 Å². The molecule has 0 saturated heterocycles. The van der Waals surface area contributed by atoms with Crippen LogP contribution in [-0.2, 0) is 4.79 Å². The van der Waals surface area contributed by atoms with Crippen molar-refractivity contribution in [2.75, 3.05) is 12.5 Å². The summed E-state index contributed by atoms with van der Waals surface area (Å²) in [7, 11) is 0. The highest BCUT2D eigenvalue weighted by Gasteiger charge is 2.08. The van der Waals surface area contributed by atoms with Crippen LogP contribution in [-0.4, -0.2) is 22.9 Å². The second kappa shape index (κ2) is 6.10. The molecule has 0 heterocycles. The van der Waals surface area contributed by atoms with Gasteiger partial charge in [-0.05, 0) is 12.5 Å². The van der Waals surface area contributed by atoms with Gasteiger partial charge >= 0.3 is 0 Å². The Balaban J connectivity index is 3.52. The highest BCUT2D eigenvalue weighted by molar-refractivity contribution is 8.16. The van der Waals surface area contributed by atoms with Crippen molar-refractivity contribution in [3.05, 3.63) is 0 Å². The predicted octanol–water partition coefficient (Wildman–Crippen LogP) is 2.41. The van der Waals surface area contributed by atoms with Gasteiger partial charge in [0.05, 0.1) is 4.58 Å². The van der Waals surface area contributed by atoms with E-state index in [-0.39, 0.29) is 0 Å². The van der Waals surface area contributed by atoms with Gasteiger partial charge in [0, 0.05) is 12.8 Å². The molecule has 0 N–H and O–H groups in total. The molecule has 0 aliphatic heterocycles. The van der Waals surface area contributed by atoms with Gasteiger partial charge in [0.25, 0.3) is 0 Å². The third-order valence-corrected chi connectivity index (χ3v) is 3.85. The van der Waals surface area contributed by atoms with Gasteiger partial charge in [0.1, 0.15) is 5.78 Å². The Labute approximate surface area is 71.3 Å². The minimum atomic E-state index is 0.369. The van der Waals surface area contributed by atoms with E-state index in [4.69, 9.17) is 0 Å². The molecule has 0 fully saturated rings. The Morgan fingerprint density at radius 1 is 1.40 bits per heavy atom. The van der Waals surface area contributed by atoms with E-state index in [0.717, 1.165) is 6.42 Å². The first-order valence-electron chi connectivity index (χ1n) is 3.31. The molecule has 0 spiro atoms. The Morgan fingerprint density at radius 3 is 2.20 bits per heavy atom. The molecule has 3 heteroatoms. The molecule has 0 aliphatic carbocycles. The van der Waals surface area contributed by atoms with Gasteiger partial charge in [0.15, 0.2) is 0 Å². The number of carbonyl (C=O) groups excluding carboxylic acids is 1. The lowest BCUT2D eigenvalue weighted by atomic mass is 10.2. The number of thioether (sulfide) groups is 2. The van der Waals surface area contributed by atoms with Gasteiger partial charge < -0.3 is 0 Å². The minimum absolute atomic E-state index is 0.369. The molecule has 0 bridgehead atoms. The maximum absolute atomic E-state index is 10.9. The van der Waals surface area contributed by atoms with E-state index < -0.39 is 0 Å². The summed E-state index contributed by atoms with van der Waals surface area (Å²) in [6.07, 6.45) is 5.49. The highest BCUT2D eigenvalue weighted by atomic mass is 32.2. The number of hydrogen-bond donors (Lipinski definition) is 0. The minimum Gasteiger partial charge on any atom is -0.300 e. The first-order valence-corrected chi connectivity index (χ1v) is 5.89. The lowest BCUT2D eigenvalue weighted by molar-refractivity contribution is -0.118. The summed E-state index contributed by atoms with van der Waals surface area (Å²) in [5.74, 6) is 0.369. The molecular weight excluding hydrogens is 164 g/mol. The SMILES string of the molecule is CCC(=O)CC(SC)SC. The van der Waals surface area contributed by atoms with Gasteiger partial charge in [-0.25, -0.2) is 0 Å². The quantitative estimate of drug-likeness (QED) is 0.602. The molecule has 0 unspecified atom stereocenters. The second-order valence-electron chi connectivity index (χ2n) is 2.00. The summed E-state index contributed by atoms with van der Waals surface area (Å²) in [6.45, 7) is 1.92. The first kappa shape index (κ1) is 10.4. The van der Waals surface area contributed by atoms with Crippen LogP contribution in [0, 0.1) is 0 Å². The lowest BCUT2D eigenvalue weighted by Gasteiger charge is -2.08. The summed E-state index contributed by atoms with van der Waals surface area (Å²) in [4.78, 5) is 10.9. The van der Waals surface area contributed by atoms with Crippen LogP contribution in [0.1, 0.15) is 19.8 Å². The number of ketones is 1. The Morgan fingerprint density at radius 2 is 1.90 bits per heavy atom. The van der Waals surface area contributed by atoms with E-state index in [0.29, 0.717) is 16.8 Å². The Hall–Kier alpha value is 0.370. The van der Waals surface area contributed by atoms with Crippen LogP contribution in [0.4, 0.5) is 0 Å². The van der Waals surface area contributed by atoms with Gasteiger partial charge in [-0.3, -0.25) is 4.79 Å². The fourth-order valence-corrected chi connectivity index (χ4v) is 2.07. The number of rotatable bonds is 5. The molecule has 0 atom stereocenters. The predicted molar refractivity (Wildman–Crippen MR) is 50.7 cm³/mol. The summed E-state index contributed by atoms with van der Waals surface area (Å²) in [5, 5.41) is 0. The van der Waals surface area contributed by atoms with Crippen molar-refractivity contribution in [2.24, 2.45) is 0 Å². The van der Waals surface area contributed by atoms with Crippen LogP contribution in [0.5, 0.6) is 0 Å². The summed E-state index contributed by atoms with van der Waals surface area (Å²) >= 11 is 3.51. The molecule has 60 valence electrons. The van der Waals surface area contributed by atoms with Crippen LogP contribution in [0.15, 0.2) is 0 Å². The molecule has 0 saturated carbocycles. The summed E-state index contributed by atoms with van der Waals surface area (Å²) < 4.78 is 0.465. The van der Waals surface area contributed by atoms with E-state index in [1.54, 1.807) is 23.5 Å². The molecule has 0 aromatic heterocycles. The van der Waals surface area contributed by atoms with E-state index >= 15 is 0 Å². The normalized spacial score (nSPS) is 10.4. The summed E-state index contributed by atoms with van der Waals surface area (Å²) in [5.41, 5.74) is 0. The van der Waals surface area contributed by atoms with Gasteiger partial charge in [0.2, 0.25) is 0 Å². The van der Waals surface area contributed by atoms with E-state index in [1.165, 1.54) is 0 Å². The van der Waals surface area contributed by atoms with Crippen molar-refractivity contribution in [1.29, 1.82) is 0 Å². The van der Waals surface area contributed by atoms with Crippen LogP contribution in [0.25, 0.3) is 0 Å². The molecule has 10 heavy (non-hydrogen) atoms. The summed E-state index contributed by atoms with van der Waals surface area (Å²) in [6, 6.07) is 0. The van der Waals surface area contributed by atoms with Gasteiger partial charge in [-0.2, -0.15) is 23.5 Å². The number of hydrogen-bond acceptors (Lipinski definition) is 3. The molecule has 0 radical (unpaired) electrons. The fraction of sp³-hybridized carbons (Fsp3) is 0.857. The molecule has 0 aromatic rings. The maximum Gasteiger partial charge on any atom is 0.134 e. The zero-order valence-electron chi connectivity index (χ0n) is 6.72. The average molecular weight is 178 g/mol. The van der Waals surface area contributed by atoms with Gasteiger partial charge in [-0.15, -0.1) is 0 Å². The highest BCUT2D eigenvalue weighted by Crippen LogP contribution is 2.22. The smallest absolute Gasteiger partial charge is 0.134 e. The third-order valence-electron chi connectivity index (χ3n) is 1.31. The maximum atomic E-state index is 10.9. The molecule has 1 nitrogen and oxygen atoms in total. The van der Waals surface area contributed by atoms with Gasteiger partial charge in [-0.1, -0.05) is 6.92 Å². The van der Waals surface area contributed by atoms with Crippen molar-refractivity contribution < 1.29 is 4.79 Å². The molecule has 0 rings (SSSR count). The van der Waals surface area contributed by atoms with Crippen molar-refractivity contribution in [3.63, 3.8) is 0 Å².